The summed E-state index contributed by atoms with van der Waals surface area (Å²) in [6, 6.07) is 9.73. The van der Waals surface area contributed by atoms with Gasteiger partial charge in [-0.3, -0.25) is 4.72 Å². The van der Waals surface area contributed by atoms with Crippen LogP contribution in [0.1, 0.15) is 11.1 Å². The number of rotatable bonds is 4. The number of anilines is 1. The van der Waals surface area contributed by atoms with E-state index in [2.05, 4.69) is 20.7 Å². The number of sulfonamides is 1. The second kappa shape index (κ2) is 6.36. The van der Waals surface area contributed by atoms with Gasteiger partial charge in [-0.2, -0.15) is 0 Å². The third-order valence-corrected chi connectivity index (χ3v) is 5.91. The summed E-state index contributed by atoms with van der Waals surface area (Å²) in [6.45, 7) is 1.53. The van der Waals surface area contributed by atoms with Crippen molar-refractivity contribution in [1.82, 2.24) is 0 Å². The van der Waals surface area contributed by atoms with E-state index < -0.39 is 10.0 Å². The number of hydrogen-bond acceptors (Lipinski definition) is 3. The van der Waals surface area contributed by atoms with Gasteiger partial charge in [0.15, 0.2) is 0 Å². The second-order valence-electron chi connectivity index (χ2n) is 4.47. The lowest BCUT2D eigenvalue weighted by atomic mass is 10.1. The summed E-state index contributed by atoms with van der Waals surface area (Å²) in [4.78, 5) is 0.0615. The first kappa shape index (κ1) is 16.3. The molecule has 4 nitrogen and oxygen atoms in total. The summed E-state index contributed by atoms with van der Waals surface area (Å²) >= 11 is 9.25. The normalized spacial score (nSPS) is 11.4. The lowest BCUT2D eigenvalue weighted by molar-refractivity contribution is 0.281. The first-order valence-corrected chi connectivity index (χ1v) is 8.68. The molecule has 2 rings (SSSR count). The van der Waals surface area contributed by atoms with Crippen molar-refractivity contribution >= 4 is 43.2 Å². The molecule has 0 radical (unpaired) electrons. The summed E-state index contributed by atoms with van der Waals surface area (Å²) in [5.41, 5.74) is 1.55. The maximum atomic E-state index is 12.5. The van der Waals surface area contributed by atoms with Crippen LogP contribution >= 0.6 is 27.5 Å². The Bertz CT molecular complexity index is 778. The van der Waals surface area contributed by atoms with E-state index in [9.17, 15) is 13.5 Å². The van der Waals surface area contributed by atoms with Crippen molar-refractivity contribution in [2.45, 2.75) is 18.4 Å². The number of halogens is 2. The van der Waals surface area contributed by atoms with Gasteiger partial charge in [-0.1, -0.05) is 29.8 Å². The molecular formula is C14H13BrClNO3S. The van der Waals surface area contributed by atoms with Crippen LogP contribution < -0.4 is 4.72 Å². The Balaban J connectivity index is 2.50. The molecule has 0 fully saturated rings. The minimum atomic E-state index is -3.81. The molecule has 0 heterocycles. The molecule has 2 N–H and O–H groups in total. The third kappa shape index (κ3) is 3.58. The van der Waals surface area contributed by atoms with Crippen molar-refractivity contribution in [3.8, 4) is 0 Å². The fourth-order valence-corrected chi connectivity index (χ4v) is 4.23. The van der Waals surface area contributed by atoms with Crippen molar-refractivity contribution in [2.75, 3.05) is 4.72 Å². The molecule has 112 valence electrons. The van der Waals surface area contributed by atoms with E-state index >= 15 is 0 Å². The van der Waals surface area contributed by atoms with E-state index in [1.165, 1.54) is 6.07 Å². The molecule has 0 spiro atoms. The Morgan fingerprint density at radius 3 is 2.57 bits per heavy atom. The van der Waals surface area contributed by atoms with Gasteiger partial charge in [-0.15, -0.1) is 0 Å². The van der Waals surface area contributed by atoms with Crippen LogP contribution in [0.4, 0.5) is 5.69 Å². The molecule has 0 bridgehead atoms. The molecule has 0 unspecified atom stereocenters. The molecule has 0 amide bonds. The Hall–Kier alpha value is -1.08. The van der Waals surface area contributed by atoms with Crippen molar-refractivity contribution in [3.63, 3.8) is 0 Å². The highest BCUT2D eigenvalue weighted by molar-refractivity contribution is 9.10. The largest absolute Gasteiger partial charge is 0.392 e. The molecular weight excluding hydrogens is 378 g/mol. The van der Waals surface area contributed by atoms with E-state index in [1.54, 1.807) is 37.3 Å². The zero-order valence-electron chi connectivity index (χ0n) is 11.1. The average Bonchev–Trinajstić information content (AvgIpc) is 2.43. The number of nitrogens with one attached hydrogen (secondary N) is 1. The Morgan fingerprint density at radius 2 is 1.95 bits per heavy atom. The van der Waals surface area contributed by atoms with Crippen molar-refractivity contribution in [3.05, 3.63) is 57.0 Å². The monoisotopic (exact) mass is 389 g/mol. The van der Waals surface area contributed by atoms with Gasteiger partial charge in [0.2, 0.25) is 0 Å². The minimum Gasteiger partial charge on any atom is -0.392 e. The number of aliphatic hydroxyl groups excluding tert-OH is 1. The van der Waals surface area contributed by atoms with Gasteiger partial charge in [0.05, 0.1) is 17.3 Å². The lowest BCUT2D eigenvalue weighted by Gasteiger charge is -2.13. The maximum absolute atomic E-state index is 12.5. The number of hydrogen-bond donors (Lipinski definition) is 2. The maximum Gasteiger partial charge on any atom is 0.263 e. The van der Waals surface area contributed by atoms with E-state index in [4.69, 9.17) is 11.6 Å². The molecule has 2 aromatic carbocycles. The molecule has 0 saturated heterocycles. The SMILES string of the molecule is Cc1cc(CO)cc(S(=O)(=O)Nc2ccccc2Cl)c1Br. The van der Waals surface area contributed by atoms with Gasteiger partial charge in [0, 0.05) is 4.47 Å². The summed E-state index contributed by atoms with van der Waals surface area (Å²) < 4.78 is 27.9. The molecule has 0 aliphatic carbocycles. The topological polar surface area (TPSA) is 66.4 Å². The predicted octanol–water partition coefficient (Wildman–Crippen LogP) is 3.70. The van der Waals surface area contributed by atoms with Crippen LogP contribution in [0, 0.1) is 6.92 Å². The molecule has 2 aromatic rings. The summed E-state index contributed by atoms with van der Waals surface area (Å²) in [7, 11) is -3.81. The van der Waals surface area contributed by atoms with Crippen LogP contribution in [0.15, 0.2) is 45.8 Å². The van der Waals surface area contributed by atoms with Crippen LogP contribution in [0.3, 0.4) is 0 Å². The molecule has 21 heavy (non-hydrogen) atoms. The molecule has 0 atom stereocenters. The lowest BCUT2D eigenvalue weighted by Crippen LogP contribution is -2.14. The smallest absolute Gasteiger partial charge is 0.263 e. The molecule has 0 aromatic heterocycles. The predicted molar refractivity (Wildman–Crippen MR) is 87.1 cm³/mol. The van der Waals surface area contributed by atoms with Crippen LogP contribution in [-0.4, -0.2) is 13.5 Å². The zero-order valence-corrected chi connectivity index (χ0v) is 14.3. The number of benzene rings is 2. The van der Waals surface area contributed by atoms with Crippen molar-refractivity contribution in [1.29, 1.82) is 0 Å². The first-order valence-electron chi connectivity index (χ1n) is 6.02. The highest BCUT2D eigenvalue weighted by atomic mass is 79.9. The number of para-hydroxylation sites is 1. The van der Waals surface area contributed by atoms with E-state index in [0.29, 0.717) is 20.7 Å². The van der Waals surface area contributed by atoms with Gasteiger partial charge in [0.1, 0.15) is 4.90 Å². The van der Waals surface area contributed by atoms with Gasteiger partial charge in [-0.05, 0) is 52.2 Å². The summed E-state index contributed by atoms with van der Waals surface area (Å²) in [6.07, 6.45) is 0. The van der Waals surface area contributed by atoms with Crippen molar-refractivity contribution < 1.29 is 13.5 Å². The van der Waals surface area contributed by atoms with Crippen LogP contribution in [-0.2, 0) is 16.6 Å². The minimum absolute atomic E-state index is 0.0615. The van der Waals surface area contributed by atoms with Gasteiger partial charge < -0.3 is 5.11 Å². The van der Waals surface area contributed by atoms with Crippen LogP contribution in [0.25, 0.3) is 0 Å². The van der Waals surface area contributed by atoms with Crippen molar-refractivity contribution in [2.24, 2.45) is 0 Å². The van der Waals surface area contributed by atoms with Crippen LogP contribution in [0.2, 0.25) is 5.02 Å². The standard InChI is InChI=1S/C14H13BrClNO3S/c1-9-6-10(8-18)7-13(14(9)15)21(19,20)17-12-5-3-2-4-11(12)16/h2-7,17-18H,8H2,1H3. The Kier molecular flexibility index (Phi) is 4.93. The van der Waals surface area contributed by atoms with E-state index in [1.807, 2.05) is 0 Å². The fraction of sp³-hybridized carbons (Fsp3) is 0.143. The molecule has 7 heteroatoms. The Labute approximate surface area is 136 Å². The van der Waals surface area contributed by atoms with E-state index in [0.717, 1.165) is 5.56 Å². The highest BCUT2D eigenvalue weighted by Gasteiger charge is 2.21. The first-order chi connectivity index (χ1) is 9.85. The molecule has 0 aliphatic heterocycles. The van der Waals surface area contributed by atoms with Gasteiger partial charge in [0.25, 0.3) is 10.0 Å². The quantitative estimate of drug-likeness (QED) is 0.836. The number of aryl methyl sites for hydroxylation is 1. The molecule has 0 aliphatic rings. The zero-order chi connectivity index (χ0) is 15.6. The Morgan fingerprint density at radius 1 is 1.29 bits per heavy atom. The number of aliphatic hydroxyl groups is 1. The fourth-order valence-electron chi connectivity index (χ4n) is 1.84. The summed E-state index contributed by atoms with van der Waals surface area (Å²) in [5, 5.41) is 9.54. The average molecular weight is 391 g/mol. The van der Waals surface area contributed by atoms with E-state index in [-0.39, 0.29) is 11.5 Å². The summed E-state index contributed by atoms with van der Waals surface area (Å²) in [5.74, 6) is 0. The second-order valence-corrected chi connectivity index (χ2v) is 7.32. The van der Waals surface area contributed by atoms with Gasteiger partial charge in [-0.25, -0.2) is 8.42 Å². The third-order valence-electron chi connectivity index (χ3n) is 2.87. The molecule has 0 saturated carbocycles. The highest BCUT2D eigenvalue weighted by Crippen LogP contribution is 2.30. The van der Waals surface area contributed by atoms with Crippen LogP contribution in [0.5, 0.6) is 0 Å². The van der Waals surface area contributed by atoms with Gasteiger partial charge >= 0.3 is 0 Å².